The van der Waals surface area contributed by atoms with Crippen LogP contribution < -0.4 is 10.6 Å². The van der Waals surface area contributed by atoms with Gasteiger partial charge in [-0.1, -0.05) is 38.4 Å². The number of anilines is 2. The lowest BCUT2D eigenvalue weighted by Crippen LogP contribution is -2.35. The molecule has 1 fully saturated rings. The van der Waals surface area contributed by atoms with Gasteiger partial charge in [0.2, 0.25) is 21.8 Å². The van der Waals surface area contributed by atoms with Gasteiger partial charge in [-0.05, 0) is 31.0 Å². The number of nitrogens with one attached hydrogen (secondary N) is 2. The standard InChI is InChI=1S/C20H28N4O4S/c1-20(2,3)17-13-19(28-23-17)22-18(25)14-21-15-8-7-9-16(12-15)29(26,27)24-10-5-4-6-11-24/h7-9,12-13,21H,4-6,10-11,14H2,1-3H3,(H,22,25). The lowest BCUT2D eigenvalue weighted by molar-refractivity contribution is -0.114. The Hall–Kier alpha value is -2.39. The predicted octanol–water partition coefficient (Wildman–Crippen LogP) is 3.20. The van der Waals surface area contributed by atoms with Crippen LogP contribution >= 0.6 is 0 Å². The van der Waals surface area contributed by atoms with Crippen LogP contribution in [-0.4, -0.2) is 43.4 Å². The van der Waals surface area contributed by atoms with E-state index in [0.717, 1.165) is 25.0 Å². The van der Waals surface area contributed by atoms with Crippen molar-refractivity contribution in [1.82, 2.24) is 9.46 Å². The van der Waals surface area contributed by atoms with Gasteiger partial charge in [0.25, 0.3) is 0 Å². The summed E-state index contributed by atoms with van der Waals surface area (Å²) >= 11 is 0. The second kappa shape index (κ2) is 8.54. The first-order chi connectivity index (χ1) is 13.7. The zero-order valence-corrected chi connectivity index (χ0v) is 17.9. The molecule has 9 heteroatoms. The second-order valence-corrected chi connectivity index (χ2v) is 10.2. The summed E-state index contributed by atoms with van der Waals surface area (Å²) in [4.78, 5) is 12.4. The quantitative estimate of drug-likeness (QED) is 0.744. The Morgan fingerprint density at radius 2 is 1.90 bits per heavy atom. The number of amides is 1. The van der Waals surface area contributed by atoms with E-state index in [0.29, 0.717) is 18.8 Å². The third-order valence-electron chi connectivity index (χ3n) is 4.78. The van der Waals surface area contributed by atoms with Crippen LogP contribution in [0, 0.1) is 0 Å². The molecule has 1 amide bonds. The highest BCUT2D eigenvalue weighted by Gasteiger charge is 2.26. The van der Waals surface area contributed by atoms with Gasteiger partial charge in [-0.15, -0.1) is 0 Å². The van der Waals surface area contributed by atoms with E-state index in [9.17, 15) is 13.2 Å². The minimum absolute atomic E-state index is 0.0290. The van der Waals surface area contributed by atoms with Crippen molar-refractivity contribution in [1.29, 1.82) is 0 Å². The van der Waals surface area contributed by atoms with E-state index in [2.05, 4.69) is 15.8 Å². The van der Waals surface area contributed by atoms with Gasteiger partial charge in [-0.25, -0.2) is 8.42 Å². The normalized spacial score (nSPS) is 15.8. The van der Waals surface area contributed by atoms with Crippen molar-refractivity contribution in [3.05, 3.63) is 36.0 Å². The zero-order chi connectivity index (χ0) is 21.1. The number of piperidine rings is 1. The summed E-state index contributed by atoms with van der Waals surface area (Å²) in [6.45, 7) is 7.08. The number of carbonyl (C=O) groups is 1. The molecular formula is C20H28N4O4S. The first-order valence-corrected chi connectivity index (χ1v) is 11.2. The summed E-state index contributed by atoms with van der Waals surface area (Å²) in [5.74, 6) is -0.0333. The molecule has 1 saturated heterocycles. The maximum atomic E-state index is 12.8. The fourth-order valence-corrected chi connectivity index (χ4v) is 4.64. The van der Waals surface area contributed by atoms with Crippen molar-refractivity contribution in [3.63, 3.8) is 0 Å². The van der Waals surface area contributed by atoms with Crippen LogP contribution in [0.1, 0.15) is 45.7 Å². The van der Waals surface area contributed by atoms with Gasteiger partial charge < -0.3 is 9.84 Å². The highest BCUT2D eigenvalue weighted by molar-refractivity contribution is 7.89. The molecule has 2 heterocycles. The summed E-state index contributed by atoms with van der Waals surface area (Å²) in [6.07, 6.45) is 2.83. The fourth-order valence-electron chi connectivity index (χ4n) is 3.07. The summed E-state index contributed by atoms with van der Waals surface area (Å²) in [5.41, 5.74) is 1.13. The molecule has 0 unspecified atom stereocenters. The highest BCUT2D eigenvalue weighted by Crippen LogP contribution is 2.24. The van der Waals surface area contributed by atoms with Gasteiger partial charge >= 0.3 is 0 Å². The number of sulfonamides is 1. The smallest absolute Gasteiger partial charge is 0.246 e. The van der Waals surface area contributed by atoms with Crippen molar-refractivity contribution in [2.75, 3.05) is 30.3 Å². The van der Waals surface area contributed by atoms with Crippen LogP contribution in [0.5, 0.6) is 0 Å². The van der Waals surface area contributed by atoms with Crippen molar-refractivity contribution in [3.8, 4) is 0 Å². The largest absolute Gasteiger partial charge is 0.376 e. The first kappa shape index (κ1) is 21.3. The van der Waals surface area contributed by atoms with E-state index in [1.807, 2.05) is 20.8 Å². The molecule has 2 N–H and O–H groups in total. The number of carbonyl (C=O) groups excluding carboxylic acids is 1. The Morgan fingerprint density at radius 1 is 1.17 bits per heavy atom. The zero-order valence-electron chi connectivity index (χ0n) is 17.1. The summed E-state index contributed by atoms with van der Waals surface area (Å²) in [5, 5.41) is 9.56. The van der Waals surface area contributed by atoms with Gasteiger partial charge in [0, 0.05) is 30.3 Å². The third kappa shape index (κ3) is 5.36. The van der Waals surface area contributed by atoms with Gasteiger partial charge in [-0.3, -0.25) is 10.1 Å². The monoisotopic (exact) mass is 420 g/mol. The van der Waals surface area contributed by atoms with Crippen molar-refractivity contribution in [2.24, 2.45) is 0 Å². The fraction of sp³-hybridized carbons (Fsp3) is 0.500. The van der Waals surface area contributed by atoms with E-state index < -0.39 is 10.0 Å². The molecule has 0 saturated carbocycles. The third-order valence-corrected chi connectivity index (χ3v) is 6.68. The van der Waals surface area contributed by atoms with E-state index in [1.165, 1.54) is 4.31 Å². The molecule has 29 heavy (non-hydrogen) atoms. The minimum Gasteiger partial charge on any atom is -0.376 e. The Morgan fingerprint density at radius 3 is 2.55 bits per heavy atom. The lowest BCUT2D eigenvalue weighted by Gasteiger charge is -2.26. The Bertz CT molecular complexity index is 957. The summed E-state index contributed by atoms with van der Waals surface area (Å²) < 4.78 is 32.3. The number of hydrogen-bond donors (Lipinski definition) is 2. The average Bonchev–Trinajstić information content (AvgIpc) is 3.16. The van der Waals surface area contributed by atoms with E-state index in [-0.39, 0.29) is 28.6 Å². The van der Waals surface area contributed by atoms with Crippen molar-refractivity contribution in [2.45, 2.75) is 50.3 Å². The maximum absolute atomic E-state index is 12.8. The van der Waals surface area contributed by atoms with Gasteiger partial charge in [0.05, 0.1) is 17.1 Å². The number of aromatic nitrogens is 1. The molecule has 158 valence electrons. The molecular weight excluding hydrogens is 392 g/mol. The molecule has 1 aromatic heterocycles. The molecule has 8 nitrogen and oxygen atoms in total. The summed E-state index contributed by atoms with van der Waals surface area (Å²) in [7, 11) is -3.51. The predicted molar refractivity (Wildman–Crippen MR) is 111 cm³/mol. The lowest BCUT2D eigenvalue weighted by atomic mass is 9.92. The highest BCUT2D eigenvalue weighted by atomic mass is 32.2. The number of hydrogen-bond acceptors (Lipinski definition) is 6. The topological polar surface area (TPSA) is 105 Å². The number of rotatable bonds is 6. The Labute approximate surface area is 171 Å². The van der Waals surface area contributed by atoms with Crippen molar-refractivity contribution >= 4 is 27.5 Å². The van der Waals surface area contributed by atoms with Gasteiger partial charge in [0.15, 0.2) is 0 Å². The van der Waals surface area contributed by atoms with Crippen LogP contribution in [0.15, 0.2) is 39.8 Å². The van der Waals surface area contributed by atoms with Crippen LogP contribution in [0.25, 0.3) is 0 Å². The molecule has 3 rings (SSSR count). The molecule has 1 aliphatic heterocycles. The molecule has 2 aromatic rings. The van der Waals surface area contributed by atoms with Crippen LogP contribution in [0.2, 0.25) is 0 Å². The Kier molecular flexibility index (Phi) is 6.28. The molecule has 1 aromatic carbocycles. The molecule has 0 spiro atoms. The SMILES string of the molecule is CC(C)(C)c1cc(NC(=O)CNc2cccc(S(=O)(=O)N3CCCCC3)c2)on1. The van der Waals surface area contributed by atoms with E-state index >= 15 is 0 Å². The second-order valence-electron chi connectivity index (χ2n) is 8.22. The molecule has 0 bridgehead atoms. The van der Waals surface area contributed by atoms with Crippen LogP contribution in [-0.2, 0) is 20.2 Å². The van der Waals surface area contributed by atoms with E-state index in [4.69, 9.17) is 4.52 Å². The maximum Gasteiger partial charge on any atom is 0.246 e. The van der Waals surface area contributed by atoms with Crippen LogP contribution in [0.4, 0.5) is 11.6 Å². The molecule has 0 radical (unpaired) electrons. The molecule has 0 atom stereocenters. The number of benzene rings is 1. The van der Waals surface area contributed by atoms with Gasteiger partial charge in [0.1, 0.15) is 0 Å². The summed E-state index contributed by atoms with van der Waals surface area (Å²) in [6, 6.07) is 8.24. The Balaban J connectivity index is 1.60. The molecule has 0 aliphatic carbocycles. The number of nitrogens with zero attached hydrogens (tertiary/aromatic N) is 2. The first-order valence-electron chi connectivity index (χ1n) is 9.77. The van der Waals surface area contributed by atoms with Crippen molar-refractivity contribution < 1.29 is 17.7 Å². The van der Waals surface area contributed by atoms with Gasteiger partial charge in [-0.2, -0.15) is 4.31 Å². The average molecular weight is 421 g/mol. The minimum atomic E-state index is -3.51. The molecule has 1 aliphatic rings. The van der Waals surface area contributed by atoms with Crippen LogP contribution in [0.3, 0.4) is 0 Å². The van der Waals surface area contributed by atoms with E-state index in [1.54, 1.807) is 30.3 Å².